The summed E-state index contributed by atoms with van der Waals surface area (Å²) in [4.78, 5) is 37.5. The molecule has 1 saturated heterocycles. The van der Waals surface area contributed by atoms with E-state index in [0.29, 0.717) is 5.56 Å². The average Bonchev–Trinajstić information content (AvgIpc) is 3.19. The molecule has 0 bridgehead atoms. The van der Waals surface area contributed by atoms with Crippen molar-refractivity contribution in [3.63, 3.8) is 0 Å². The van der Waals surface area contributed by atoms with E-state index in [1.165, 1.54) is 25.3 Å². The summed E-state index contributed by atoms with van der Waals surface area (Å²) < 4.78 is 18.7. The molecule has 8 heteroatoms. The van der Waals surface area contributed by atoms with E-state index in [1.54, 1.807) is 24.3 Å². The summed E-state index contributed by atoms with van der Waals surface area (Å²) in [5, 5.41) is 5.02. The van der Waals surface area contributed by atoms with Crippen molar-refractivity contribution in [1.82, 2.24) is 15.5 Å². The maximum absolute atomic E-state index is 13.5. The number of hydrogen-bond donors (Lipinski definition) is 2. The Morgan fingerprint density at radius 3 is 2.72 bits per heavy atom. The highest BCUT2D eigenvalue weighted by Crippen LogP contribution is 2.28. The standard InChI is InChI=1S/C17H16FN3O4/c1-17(13-7-4-8-25-13)15(23)21(16(24)20-17)10-14(22)19-9-11-5-2-3-6-12(11)18/h2-8H,9-10H2,1H3,(H,19,22)(H,20,24). The van der Waals surface area contributed by atoms with Gasteiger partial charge < -0.3 is 15.1 Å². The molecule has 0 radical (unpaired) electrons. The van der Waals surface area contributed by atoms with Gasteiger partial charge in [-0.3, -0.25) is 14.5 Å². The zero-order chi connectivity index (χ0) is 18.0. The van der Waals surface area contributed by atoms with Gasteiger partial charge in [-0.1, -0.05) is 18.2 Å². The number of benzene rings is 1. The second-order valence-electron chi connectivity index (χ2n) is 5.79. The minimum atomic E-state index is -1.35. The van der Waals surface area contributed by atoms with Crippen molar-refractivity contribution >= 4 is 17.8 Å². The van der Waals surface area contributed by atoms with Gasteiger partial charge in [0.1, 0.15) is 18.1 Å². The van der Waals surface area contributed by atoms with Crippen LogP contribution in [0.15, 0.2) is 47.1 Å². The quantitative estimate of drug-likeness (QED) is 0.804. The normalized spacial score (nSPS) is 19.8. The van der Waals surface area contributed by atoms with Gasteiger partial charge >= 0.3 is 6.03 Å². The van der Waals surface area contributed by atoms with Crippen LogP contribution in [-0.4, -0.2) is 29.3 Å². The average molecular weight is 345 g/mol. The van der Waals surface area contributed by atoms with Gasteiger partial charge in [0.15, 0.2) is 5.54 Å². The molecular formula is C17H16FN3O4. The van der Waals surface area contributed by atoms with E-state index in [2.05, 4.69) is 10.6 Å². The second kappa shape index (κ2) is 6.39. The molecule has 1 aromatic carbocycles. The molecule has 1 aromatic heterocycles. The number of carbonyl (C=O) groups is 3. The minimum absolute atomic E-state index is 0.0371. The van der Waals surface area contributed by atoms with Crippen molar-refractivity contribution in [3.05, 3.63) is 59.8 Å². The molecule has 4 amide bonds. The van der Waals surface area contributed by atoms with Crippen LogP contribution in [0.5, 0.6) is 0 Å². The molecule has 130 valence electrons. The molecule has 1 unspecified atom stereocenters. The van der Waals surface area contributed by atoms with Crippen molar-refractivity contribution in [1.29, 1.82) is 0 Å². The lowest BCUT2D eigenvalue weighted by Gasteiger charge is -2.18. The molecule has 2 N–H and O–H groups in total. The lowest BCUT2D eigenvalue weighted by atomic mass is 9.99. The van der Waals surface area contributed by atoms with Crippen molar-refractivity contribution in [2.45, 2.75) is 19.0 Å². The number of carbonyl (C=O) groups excluding carboxylic acids is 3. The Bertz CT molecular complexity index is 821. The molecule has 1 fully saturated rings. The van der Waals surface area contributed by atoms with Crippen LogP contribution in [0.2, 0.25) is 0 Å². The number of imide groups is 1. The summed E-state index contributed by atoms with van der Waals surface area (Å²) in [6.07, 6.45) is 1.39. The number of nitrogens with zero attached hydrogens (tertiary/aromatic N) is 1. The molecule has 0 aliphatic carbocycles. The summed E-state index contributed by atoms with van der Waals surface area (Å²) in [6.45, 7) is 1.00. The second-order valence-corrected chi connectivity index (χ2v) is 5.79. The van der Waals surface area contributed by atoms with Gasteiger partial charge in [0.2, 0.25) is 5.91 Å². The molecule has 1 aliphatic heterocycles. The molecule has 1 aliphatic rings. The Morgan fingerprint density at radius 1 is 1.28 bits per heavy atom. The largest absolute Gasteiger partial charge is 0.466 e. The zero-order valence-corrected chi connectivity index (χ0v) is 13.4. The van der Waals surface area contributed by atoms with Crippen LogP contribution in [-0.2, 0) is 21.7 Å². The third-order valence-corrected chi connectivity index (χ3v) is 4.02. The summed E-state index contributed by atoms with van der Waals surface area (Å²) >= 11 is 0. The Morgan fingerprint density at radius 2 is 2.04 bits per heavy atom. The van der Waals surface area contributed by atoms with Crippen LogP contribution in [0.25, 0.3) is 0 Å². The number of rotatable bonds is 5. The van der Waals surface area contributed by atoms with Crippen molar-refractivity contribution < 1.29 is 23.2 Å². The van der Waals surface area contributed by atoms with Crippen LogP contribution in [0.1, 0.15) is 18.2 Å². The van der Waals surface area contributed by atoms with Gasteiger partial charge in [-0.2, -0.15) is 0 Å². The van der Waals surface area contributed by atoms with E-state index >= 15 is 0 Å². The molecule has 3 rings (SSSR count). The topological polar surface area (TPSA) is 91.7 Å². The predicted molar refractivity (Wildman–Crippen MR) is 84.6 cm³/mol. The van der Waals surface area contributed by atoms with Crippen LogP contribution in [0.3, 0.4) is 0 Å². The summed E-state index contributed by atoms with van der Waals surface area (Å²) in [7, 11) is 0. The molecule has 0 saturated carbocycles. The van der Waals surface area contributed by atoms with Crippen molar-refractivity contribution in [3.8, 4) is 0 Å². The van der Waals surface area contributed by atoms with Gasteiger partial charge in [0, 0.05) is 12.1 Å². The summed E-state index contributed by atoms with van der Waals surface area (Å²) in [5.74, 6) is -1.33. The van der Waals surface area contributed by atoms with Crippen LogP contribution >= 0.6 is 0 Å². The van der Waals surface area contributed by atoms with E-state index < -0.39 is 35.7 Å². The maximum Gasteiger partial charge on any atom is 0.325 e. The zero-order valence-electron chi connectivity index (χ0n) is 13.4. The minimum Gasteiger partial charge on any atom is -0.466 e. The number of urea groups is 1. The maximum atomic E-state index is 13.5. The SMILES string of the molecule is CC1(c2ccco2)NC(=O)N(CC(=O)NCc2ccccc2F)C1=O. The highest BCUT2D eigenvalue weighted by atomic mass is 19.1. The van der Waals surface area contributed by atoms with E-state index in [9.17, 15) is 18.8 Å². The first-order valence-electron chi connectivity index (χ1n) is 7.60. The van der Waals surface area contributed by atoms with Gasteiger partial charge in [-0.15, -0.1) is 0 Å². The monoisotopic (exact) mass is 345 g/mol. The third-order valence-electron chi connectivity index (χ3n) is 4.02. The van der Waals surface area contributed by atoms with Gasteiger partial charge in [0.05, 0.1) is 6.26 Å². The molecular weight excluding hydrogens is 329 g/mol. The van der Waals surface area contributed by atoms with Gasteiger partial charge in [-0.25, -0.2) is 9.18 Å². The Hall–Kier alpha value is -3.16. The Labute approximate surface area is 142 Å². The van der Waals surface area contributed by atoms with Crippen LogP contribution in [0, 0.1) is 5.82 Å². The Kier molecular flexibility index (Phi) is 4.26. The van der Waals surface area contributed by atoms with Crippen molar-refractivity contribution in [2.24, 2.45) is 0 Å². The number of nitrogens with one attached hydrogen (secondary N) is 2. The molecule has 7 nitrogen and oxygen atoms in total. The predicted octanol–water partition coefficient (Wildman–Crippen LogP) is 1.50. The van der Waals surface area contributed by atoms with Crippen LogP contribution in [0.4, 0.5) is 9.18 Å². The number of hydrogen-bond acceptors (Lipinski definition) is 4. The fourth-order valence-corrected chi connectivity index (χ4v) is 2.61. The first-order chi connectivity index (χ1) is 11.9. The molecule has 2 aromatic rings. The van der Waals surface area contributed by atoms with E-state index in [4.69, 9.17) is 4.42 Å². The number of amides is 4. The van der Waals surface area contributed by atoms with Crippen LogP contribution < -0.4 is 10.6 Å². The molecule has 2 heterocycles. The van der Waals surface area contributed by atoms with E-state index in [0.717, 1.165) is 4.90 Å². The lowest BCUT2D eigenvalue weighted by molar-refractivity contribution is -0.135. The molecule has 0 spiro atoms. The van der Waals surface area contributed by atoms with E-state index in [-0.39, 0.29) is 12.3 Å². The lowest BCUT2D eigenvalue weighted by Crippen LogP contribution is -2.43. The number of furan rings is 1. The number of halogens is 1. The highest BCUT2D eigenvalue weighted by molar-refractivity contribution is 6.08. The first-order valence-corrected chi connectivity index (χ1v) is 7.60. The van der Waals surface area contributed by atoms with Crippen molar-refractivity contribution in [2.75, 3.05) is 6.54 Å². The summed E-state index contributed by atoms with van der Waals surface area (Å²) in [6, 6.07) is 8.50. The Balaban J connectivity index is 1.64. The summed E-state index contributed by atoms with van der Waals surface area (Å²) in [5.41, 5.74) is -1.04. The molecule has 25 heavy (non-hydrogen) atoms. The molecule has 1 atom stereocenters. The highest BCUT2D eigenvalue weighted by Gasteiger charge is 2.51. The smallest absolute Gasteiger partial charge is 0.325 e. The first kappa shape index (κ1) is 16.7. The van der Waals surface area contributed by atoms with Gasteiger partial charge in [0.25, 0.3) is 5.91 Å². The van der Waals surface area contributed by atoms with Gasteiger partial charge in [-0.05, 0) is 25.1 Å². The third kappa shape index (κ3) is 3.10. The van der Waals surface area contributed by atoms with E-state index in [1.807, 2.05) is 0 Å². The fourth-order valence-electron chi connectivity index (χ4n) is 2.61. The fraction of sp³-hybridized carbons (Fsp3) is 0.235.